The predicted octanol–water partition coefficient (Wildman–Crippen LogP) is 4.52. The van der Waals surface area contributed by atoms with Gasteiger partial charge in [-0.15, -0.1) is 0 Å². The highest BCUT2D eigenvalue weighted by Crippen LogP contribution is 2.43. The van der Waals surface area contributed by atoms with Crippen molar-refractivity contribution in [3.8, 4) is 28.0 Å². The van der Waals surface area contributed by atoms with Crippen LogP contribution in [-0.4, -0.2) is 30.3 Å². The third kappa shape index (κ3) is 3.49. The minimum atomic E-state index is -0.525. The van der Waals surface area contributed by atoms with Gasteiger partial charge in [0.15, 0.2) is 0 Å². The molecule has 0 bridgehead atoms. The van der Waals surface area contributed by atoms with Crippen LogP contribution in [0.1, 0.15) is 34.6 Å². The Balaban J connectivity index is 2.42. The van der Waals surface area contributed by atoms with Crippen LogP contribution in [0.2, 0.25) is 0 Å². The quantitative estimate of drug-likeness (QED) is 0.674. The molecule has 1 aromatic carbocycles. The normalized spacial score (nSPS) is 10.6. The Bertz CT molecular complexity index is 891. The number of carbonyl (C=O) groups is 2. The summed E-state index contributed by atoms with van der Waals surface area (Å²) in [5.74, 6) is -1.03. The van der Waals surface area contributed by atoms with Gasteiger partial charge in [-0.1, -0.05) is 30.3 Å². The van der Waals surface area contributed by atoms with Crippen LogP contribution in [0.3, 0.4) is 0 Å². The second-order valence-corrected chi connectivity index (χ2v) is 5.85. The van der Waals surface area contributed by atoms with Crippen LogP contribution < -0.4 is 0 Å². The molecule has 1 aromatic rings. The number of rotatable bonds is 5. The zero-order valence-electron chi connectivity index (χ0n) is 15.2. The lowest BCUT2D eigenvalue weighted by Crippen LogP contribution is -2.08. The number of aromatic hydroxyl groups is 1. The molecule has 0 aromatic heterocycles. The zero-order valence-corrected chi connectivity index (χ0v) is 15.2. The van der Waals surface area contributed by atoms with Gasteiger partial charge in [0.2, 0.25) is 0 Å². The van der Waals surface area contributed by atoms with Crippen LogP contribution >= 0.6 is 0 Å². The fourth-order valence-corrected chi connectivity index (χ4v) is 3.13. The van der Waals surface area contributed by atoms with Crippen LogP contribution in [0.25, 0.3) is 22.3 Å². The van der Waals surface area contributed by atoms with Crippen molar-refractivity contribution in [2.75, 3.05) is 13.2 Å². The number of hydrogen-bond acceptors (Lipinski definition) is 5. The minimum absolute atomic E-state index is 0.0251. The van der Waals surface area contributed by atoms with Crippen molar-refractivity contribution < 1.29 is 24.2 Å². The van der Waals surface area contributed by atoms with E-state index < -0.39 is 11.9 Å². The maximum Gasteiger partial charge on any atom is 0.339 e. The molecule has 0 saturated carbocycles. The summed E-state index contributed by atoms with van der Waals surface area (Å²) in [6.07, 6.45) is 0. The van der Waals surface area contributed by atoms with Gasteiger partial charge in [-0.25, -0.2) is 9.59 Å². The van der Waals surface area contributed by atoms with Crippen molar-refractivity contribution in [2.24, 2.45) is 0 Å². The molecule has 0 heterocycles. The summed E-state index contributed by atoms with van der Waals surface area (Å²) >= 11 is 0. The summed E-state index contributed by atoms with van der Waals surface area (Å²) < 4.78 is 10.5. The Labute approximate surface area is 157 Å². The zero-order chi connectivity index (χ0) is 19.4. The second kappa shape index (κ2) is 7.91. The molecule has 2 aliphatic rings. The van der Waals surface area contributed by atoms with Crippen LogP contribution in [0, 0.1) is 0 Å². The van der Waals surface area contributed by atoms with Crippen LogP contribution in [0.15, 0.2) is 54.6 Å². The Morgan fingerprint density at radius 3 is 1.70 bits per heavy atom. The van der Waals surface area contributed by atoms with E-state index in [4.69, 9.17) is 9.47 Å². The van der Waals surface area contributed by atoms with Crippen LogP contribution in [-0.2, 0) is 9.47 Å². The van der Waals surface area contributed by atoms with Gasteiger partial charge in [0.05, 0.1) is 24.3 Å². The van der Waals surface area contributed by atoms with Crippen LogP contribution in [0.5, 0.6) is 5.75 Å². The van der Waals surface area contributed by atoms with Gasteiger partial charge < -0.3 is 14.6 Å². The van der Waals surface area contributed by atoms with E-state index in [1.54, 1.807) is 26.0 Å². The van der Waals surface area contributed by atoms with E-state index in [1.165, 1.54) is 12.1 Å². The lowest BCUT2D eigenvalue weighted by Gasteiger charge is -2.08. The minimum Gasteiger partial charge on any atom is -0.508 e. The monoisotopic (exact) mass is 364 g/mol. The molecule has 0 fully saturated rings. The summed E-state index contributed by atoms with van der Waals surface area (Å²) in [5.41, 5.74) is 2.82. The van der Waals surface area contributed by atoms with Crippen molar-refractivity contribution in [3.05, 3.63) is 65.7 Å². The molecule has 138 valence electrons. The highest BCUT2D eigenvalue weighted by Gasteiger charge is 2.32. The third-order valence-corrected chi connectivity index (χ3v) is 4.19. The Kier molecular flexibility index (Phi) is 5.41. The molecule has 27 heavy (non-hydrogen) atoms. The standard InChI is InChI=1S/C22H20O5/c1-3-26-21(24)19-16-12-10-15(23)11-13-17(16)20(22(25)27-4-2)18(19)14-8-6-5-7-9-14/h5-13,23H,3-4H2,1-2H3. The van der Waals surface area contributed by atoms with Crippen molar-refractivity contribution in [2.45, 2.75) is 13.8 Å². The Morgan fingerprint density at radius 1 is 0.778 bits per heavy atom. The molecule has 0 unspecified atom stereocenters. The molecule has 3 rings (SSSR count). The van der Waals surface area contributed by atoms with Gasteiger partial charge in [-0.2, -0.15) is 0 Å². The highest BCUT2D eigenvalue weighted by atomic mass is 16.5. The van der Waals surface area contributed by atoms with Gasteiger partial charge >= 0.3 is 11.9 Å². The number of esters is 2. The molecule has 0 saturated heterocycles. The van der Waals surface area contributed by atoms with E-state index in [0.29, 0.717) is 22.3 Å². The molecule has 0 atom stereocenters. The fourth-order valence-electron chi connectivity index (χ4n) is 3.13. The Hall–Kier alpha value is -3.34. The van der Waals surface area contributed by atoms with Crippen LogP contribution in [0.4, 0.5) is 0 Å². The molecule has 0 spiro atoms. The topological polar surface area (TPSA) is 72.8 Å². The molecule has 5 heteroatoms. The van der Waals surface area contributed by atoms with Gasteiger partial charge in [-0.3, -0.25) is 0 Å². The lowest BCUT2D eigenvalue weighted by molar-refractivity contribution is 0.0525. The molecular weight excluding hydrogens is 344 g/mol. The van der Waals surface area contributed by atoms with E-state index in [-0.39, 0.29) is 30.1 Å². The summed E-state index contributed by atoms with van der Waals surface area (Å²) in [7, 11) is 0. The maximum atomic E-state index is 12.8. The first-order valence-electron chi connectivity index (χ1n) is 8.76. The summed E-state index contributed by atoms with van der Waals surface area (Å²) in [6.45, 7) is 3.87. The van der Waals surface area contributed by atoms with E-state index in [1.807, 2.05) is 30.3 Å². The van der Waals surface area contributed by atoms with Crippen molar-refractivity contribution in [1.29, 1.82) is 0 Å². The third-order valence-electron chi connectivity index (χ3n) is 4.19. The number of hydrogen-bond donors (Lipinski definition) is 1. The number of ether oxygens (including phenoxy) is 2. The molecule has 1 N–H and O–H groups in total. The molecule has 0 amide bonds. The van der Waals surface area contributed by atoms with E-state index in [9.17, 15) is 14.7 Å². The van der Waals surface area contributed by atoms with Crippen molar-refractivity contribution in [1.82, 2.24) is 0 Å². The molecular formula is C22H20O5. The SMILES string of the molecule is CCOC(=O)c1c2ccc(O)ccc-2c(C(=O)OCC)c1-c1ccccc1. The van der Waals surface area contributed by atoms with Gasteiger partial charge in [-0.05, 0) is 54.8 Å². The first-order valence-corrected chi connectivity index (χ1v) is 8.76. The number of fused-ring (bicyclic) bond motifs is 1. The molecule has 0 radical (unpaired) electrons. The van der Waals surface area contributed by atoms with Gasteiger partial charge in [0, 0.05) is 5.56 Å². The summed E-state index contributed by atoms with van der Waals surface area (Å²) in [5, 5.41) is 9.84. The molecule has 5 nitrogen and oxygen atoms in total. The Morgan fingerprint density at radius 2 is 1.26 bits per heavy atom. The first kappa shape index (κ1) is 18.5. The highest BCUT2D eigenvalue weighted by molar-refractivity contribution is 6.16. The maximum absolute atomic E-state index is 12.8. The first-order chi connectivity index (χ1) is 13.1. The van der Waals surface area contributed by atoms with Gasteiger partial charge in [0.1, 0.15) is 5.75 Å². The fraction of sp³-hybridized carbons (Fsp3) is 0.182. The lowest BCUT2D eigenvalue weighted by atomic mass is 10.00. The molecule has 2 aliphatic carbocycles. The summed E-state index contributed by atoms with van der Waals surface area (Å²) in [4.78, 5) is 25.6. The molecule has 0 aliphatic heterocycles. The summed E-state index contributed by atoms with van der Waals surface area (Å²) in [6, 6.07) is 15.4. The predicted molar refractivity (Wildman–Crippen MR) is 102 cm³/mol. The number of benzene rings is 1. The number of carbonyl (C=O) groups excluding carboxylic acids is 2. The second-order valence-electron chi connectivity index (χ2n) is 5.85. The average Bonchev–Trinajstić information content (AvgIpc) is 2.88. The van der Waals surface area contributed by atoms with Crippen molar-refractivity contribution in [3.63, 3.8) is 0 Å². The largest absolute Gasteiger partial charge is 0.508 e. The average molecular weight is 364 g/mol. The van der Waals surface area contributed by atoms with Gasteiger partial charge in [0.25, 0.3) is 0 Å². The van der Waals surface area contributed by atoms with E-state index in [2.05, 4.69) is 0 Å². The van der Waals surface area contributed by atoms with E-state index in [0.717, 1.165) is 0 Å². The van der Waals surface area contributed by atoms with Crippen molar-refractivity contribution >= 4 is 11.9 Å². The van der Waals surface area contributed by atoms with E-state index >= 15 is 0 Å². The smallest absolute Gasteiger partial charge is 0.339 e.